The second kappa shape index (κ2) is 5.15. The molecule has 0 aromatic heterocycles. The van der Waals surface area contributed by atoms with Crippen LogP contribution in [0, 0.1) is 0 Å². The van der Waals surface area contributed by atoms with Crippen LogP contribution in [0.25, 0.3) is 0 Å². The van der Waals surface area contributed by atoms with Crippen LogP contribution in [0.5, 0.6) is 11.5 Å². The first-order valence-electron chi connectivity index (χ1n) is 2.84. The van der Waals surface area contributed by atoms with Crippen LogP contribution in [0.2, 0.25) is 0 Å². The minimum absolute atomic E-state index is 0. The zero-order valence-corrected chi connectivity index (χ0v) is 12.7. The molecule has 2 N–H and O–H groups in total. The van der Waals surface area contributed by atoms with Gasteiger partial charge in [0.2, 0.25) is 0 Å². The largest absolute Gasteiger partial charge is 1.00 e. The van der Waals surface area contributed by atoms with Crippen molar-refractivity contribution in [1.82, 2.24) is 0 Å². The van der Waals surface area contributed by atoms with Crippen molar-refractivity contribution in [2.75, 3.05) is 0 Å². The van der Waals surface area contributed by atoms with E-state index >= 15 is 0 Å². The zero-order valence-electron chi connectivity index (χ0n) is 6.44. The summed E-state index contributed by atoms with van der Waals surface area (Å²) in [5, 5.41) is 27.7. The van der Waals surface area contributed by atoms with E-state index < -0.39 is 11.7 Å². The summed E-state index contributed by atoms with van der Waals surface area (Å²) in [6.07, 6.45) is 0. The third-order valence-corrected chi connectivity index (χ3v) is 1.21. The van der Waals surface area contributed by atoms with Gasteiger partial charge in [-0.3, -0.25) is 0 Å². The number of hydrogen-bond donors (Lipinski definition) is 2. The van der Waals surface area contributed by atoms with E-state index in [1.54, 1.807) is 0 Å². The van der Waals surface area contributed by atoms with Gasteiger partial charge in [0.1, 0.15) is 0 Å². The molecule has 0 atom stereocenters. The van der Waals surface area contributed by atoms with Gasteiger partial charge in [0, 0.05) is 5.56 Å². The van der Waals surface area contributed by atoms with Crippen LogP contribution in [0.15, 0.2) is 18.2 Å². The molecule has 1 aromatic rings. The third-order valence-electron chi connectivity index (χ3n) is 1.21. The summed E-state index contributed by atoms with van der Waals surface area (Å²) >= 11 is 0. The predicted molar refractivity (Wildman–Crippen MR) is 34.1 cm³/mol. The van der Waals surface area contributed by atoms with Crippen LogP contribution in [-0.2, 0) is 0 Å². The smallest absolute Gasteiger partial charge is 0.545 e. The van der Waals surface area contributed by atoms with E-state index in [9.17, 15) is 9.90 Å². The predicted octanol–water partition coefficient (Wildman–Crippen LogP) is -3.53. The number of phenols is 2. The molecule has 5 heteroatoms. The van der Waals surface area contributed by atoms with E-state index in [1.807, 2.05) is 0 Å². The summed E-state index contributed by atoms with van der Waals surface area (Å²) in [5.41, 5.74) is -0.166. The maximum Gasteiger partial charge on any atom is 1.00 e. The number of carboxylic acids is 1. The van der Waals surface area contributed by atoms with Gasteiger partial charge in [0.25, 0.3) is 0 Å². The number of carbonyl (C=O) groups is 1. The molecule has 1 rings (SSSR count). The van der Waals surface area contributed by atoms with E-state index in [1.165, 1.54) is 0 Å². The molecule has 0 fully saturated rings. The van der Waals surface area contributed by atoms with Gasteiger partial charge in [-0.25, -0.2) is 0 Å². The summed E-state index contributed by atoms with van der Waals surface area (Å²) in [6.45, 7) is 0. The van der Waals surface area contributed by atoms with Crippen LogP contribution in [0.1, 0.15) is 10.4 Å². The number of carbonyl (C=O) groups excluding carboxylic acids is 1. The van der Waals surface area contributed by atoms with Gasteiger partial charge in [-0.15, -0.1) is 0 Å². The van der Waals surface area contributed by atoms with E-state index in [-0.39, 0.29) is 80.2 Å². The standard InChI is InChI=1S/C7H6O4.Cs/c8-5-2-1-4(7(10)11)3-6(5)9;/h1-3,8-9H,(H,10,11);/q;+1/p-1. The number of phenolic OH excluding ortho intramolecular Hbond substituents is 2. The Bertz CT molecular complexity index is 297. The molecule has 0 radical (unpaired) electrons. The van der Waals surface area contributed by atoms with Crippen LogP contribution in [0.3, 0.4) is 0 Å². The average Bonchev–Trinajstić information content (AvgIpc) is 1.94. The minimum Gasteiger partial charge on any atom is -0.545 e. The summed E-state index contributed by atoms with van der Waals surface area (Å²) in [4.78, 5) is 10.2. The average molecular weight is 286 g/mol. The first kappa shape index (κ1) is 12.3. The second-order valence-electron chi connectivity index (χ2n) is 1.99. The van der Waals surface area contributed by atoms with Crippen LogP contribution >= 0.6 is 0 Å². The molecule has 58 valence electrons. The fourth-order valence-corrected chi connectivity index (χ4v) is 0.650. The van der Waals surface area contributed by atoms with Gasteiger partial charge >= 0.3 is 68.9 Å². The summed E-state index contributed by atoms with van der Waals surface area (Å²) in [6, 6.07) is 3.15. The number of hydrogen-bond acceptors (Lipinski definition) is 4. The SMILES string of the molecule is O=C([O-])c1ccc(O)c(O)c1.[Cs+]. The van der Waals surface area contributed by atoms with Gasteiger partial charge in [-0.2, -0.15) is 0 Å². The second-order valence-corrected chi connectivity index (χ2v) is 1.99. The molecule has 4 nitrogen and oxygen atoms in total. The molecule has 0 unspecified atom stereocenters. The topological polar surface area (TPSA) is 80.6 Å². The first-order chi connectivity index (χ1) is 5.11. The van der Waals surface area contributed by atoms with Crippen molar-refractivity contribution in [2.24, 2.45) is 0 Å². The molecule has 1 aromatic carbocycles. The van der Waals surface area contributed by atoms with Crippen LogP contribution in [0.4, 0.5) is 0 Å². The molecule has 0 amide bonds. The molecule has 0 bridgehead atoms. The quantitative estimate of drug-likeness (QED) is 0.524. The van der Waals surface area contributed by atoms with Crippen molar-refractivity contribution in [3.8, 4) is 11.5 Å². The van der Waals surface area contributed by atoms with Crippen molar-refractivity contribution in [3.05, 3.63) is 23.8 Å². The molecule has 0 aliphatic heterocycles. The maximum atomic E-state index is 10.2. The van der Waals surface area contributed by atoms with Crippen molar-refractivity contribution in [3.63, 3.8) is 0 Å². The van der Waals surface area contributed by atoms with Gasteiger partial charge in [-0.05, 0) is 18.2 Å². The molecular weight excluding hydrogens is 281 g/mol. The molecule has 0 heterocycles. The Morgan fingerprint density at radius 2 is 1.83 bits per heavy atom. The molecule has 0 saturated heterocycles. The normalized spacial score (nSPS) is 8.67. The Hall–Kier alpha value is 0.342. The van der Waals surface area contributed by atoms with E-state index in [0.29, 0.717) is 0 Å². The fraction of sp³-hybridized carbons (Fsp3) is 0. The van der Waals surface area contributed by atoms with Crippen molar-refractivity contribution in [2.45, 2.75) is 0 Å². The third kappa shape index (κ3) is 3.00. The Labute approximate surface area is 128 Å². The Morgan fingerprint density at radius 3 is 2.25 bits per heavy atom. The Balaban J connectivity index is 0.00000121. The van der Waals surface area contributed by atoms with Crippen LogP contribution in [-0.4, -0.2) is 16.2 Å². The van der Waals surface area contributed by atoms with Crippen molar-refractivity contribution in [1.29, 1.82) is 0 Å². The van der Waals surface area contributed by atoms with E-state index in [2.05, 4.69) is 0 Å². The van der Waals surface area contributed by atoms with Crippen LogP contribution < -0.4 is 74.0 Å². The van der Waals surface area contributed by atoms with Gasteiger partial charge in [0.15, 0.2) is 11.5 Å². The number of benzene rings is 1. The zero-order chi connectivity index (χ0) is 8.43. The number of aromatic carboxylic acids is 1. The van der Waals surface area contributed by atoms with Crippen molar-refractivity contribution < 1.29 is 89.0 Å². The number of carboxylic acid groups (broad SMARTS) is 1. The minimum atomic E-state index is -1.39. The summed E-state index contributed by atoms with van der Waals surface area (Å²) in [7, 11) is 0. The Kier molecular flexibility index (Phi) is 5.30. The van der Waals surface area contributed by atoms with E-state index in [4.69, 9.17) is 10.2 Å². The van der Waals surface area contributed by atoms with E-state index in [0.717, 1.165) is 18.2 Å². The monoisotopic (exact) mass is 286 g/mol. The fourth-order valence-electron chi connectivity index (χ4n) is 0.650. The van der Waals surface area contributed by atoms with Crippen molar-refractivity contribution >= 4 is 5.97 Å². The summed E-state index contributed by atoms with van der Waals surface area (Å²) < 4.78 is 0. The van der Waals surface area contributed by atoms with Gasteiger partial charge in [0.05, 0.1) is 5.97 Å². The molecule has 0 aliphatic rings. The molecule has 12 heavy (non-hydrogen) atoms. The number of aromatic hydroxyl groups is 2. The molecule has 0 saturated carbocycles. The first-order valence-corrected chi connectivity index (χ1v) is 2.84. The number of rotatable bonds is 1. The Morgan fingerprint density at radius 1 is 1.25 bits per heavy atom. The van der Waals surface area contributed by atoms with Gasteiger partial charge < -0.3 is 20.1 Å². The molecule has 0 spiro atoms. The van der Waals surface area contributed by atoms with Gasteiger partial charge in [-0.1, -0.05) is 0 Å². The maximum absolute atomic E-state index is 10.2. The molecular formula is C7H5CsO4. The molecule has 0 aliphatic carbocycles. The summed E-state index contributed by atoms with van der Waals surface area (Å²) in [5.74, 6) is -2.21.